The highest BCUT2D eigenvalue weighted by atomic mass is 32.1. The molecule has 2 heterocycles. The molecule has 0 radical (unpaired) electrons. The number of hydrogen-bond acceptors (Lipinski definition) is 5. The average molecular weight is 293 g/mol. The molecule has 1 aliphatic heterocycles. The number of Topliss-reactive ketones (excluding diaryl/α,β-unsaturated/α-hetero) is 1. The summed E-state index contributed by atoms with van der Waals surface area (Å²) in [6.07, 6.45) is 5.27. The lowest BCUT2D eigenvalue weighted by molar-refractivity contribution is 0.0972. The molecule has 20 heavy (non-hydrogen) atoms. The Morgan fingerprint density at radius 1 is 1.15 bits per heavy atom. The van der Waals surface area contributed by atoms with E-state index in [1.165, 1.54) is 17.8 Å². The zero-order chi connectivity index (χ0) is 14.3. The zero-order valence-corrected chi connectivity index (χ0v) is 12.2. The molecule has 1 aliphatic carbocycles. The van der Waals surface area contributed by atoms with Crippen LogP contribution in [0.15, 0.2) is 0 Å². The Labute approximate surface area is 121 Å². The zero-order valence-electron chi connectivity index (χ0n) is 11.4. The highest BCUT2D eigenvalue weighted by Crippen LogP contribution is 2.43. The monoisotopic (exact) mass is 293 g/mol. The van der Waals surface area contributed by atoms with Gasteiger partial charge in [-0.2, -0.15) is 0 Å². The maximum atomic E-state index is 12.3. The Hall–Kier alpha value is -1.56. The van der Waals surface area contributed by atoms with E-state index >= 15 is 0 Å². The number of primary amides is 1. The first-order valence-electron chi connectivity index (χ1n) is 7.11. The van der Waals surface area contributed by atoms with Crippen molar-refractivity contribution >= 4 is 33.7 Å². The molecule has 0 unspecified atom stereocenters. The Kier molecular flexibility index (Phi) is 3.41. The molecule has 1 saturated heterocycles. The molecule has 6 heteroatoms. The van der Waals surface area contributed by atoms with Crippen LogP contribution in [0.25, 0.3) is 0 Å². The predicted molar refractivity (Wildman–Crippen MR) is 80.4 cm³/mol. The smallest absolute Gasteiger partial charge is 0.253 e. The lowest BCUT2D eigenvalue weighted by atomic mass is 10.1. The van der Waals surface area contributed by atoms with Crippen LogP contribution in [0.3, 0.4) is 0 Å². The van der Waals surface area contributed by atoms with Crippen LogP contribution in [0.2, 0.25) is 0 Å². The summed E-state index contributed by atoms with van der Waals surface area (Å²) < 4.78 is 0. The quantitative estimate of drug-likeness (QED) is 0.831. The highest BCUT2D eigenvalue weighted by molar-refractivity contribution is 7.19. The van der Waals surface area contributed by atoms with Gasteiger partial charge in [-0.15, -0.1) is 11.3 Å². The van der Waals surface area contributed by atoms with E-state index in [4.69, 9.17) is 11.5 Å². The van der Waals surface area contributed by atoms with Gasteiger partial charge in [-0.05, 0) is 32.1 Å². The van der Waals surface area contributed by atoms with Gasteiger partial charge in [0.05, 0.1) is 16.1 Å². The van der Waals surface area contributed by atoms with Gasteiger partial charge in [-0.25, -0.2) is 0 Å². The summed E-state index contributed by atoms with van der Waals surface area (Å²) in [5.41, 5.74) is 12.2. The Balaban J connectivity index is 2.00. The number of piperidine rings is 1. The molecule has 1 aromatic heterocycles. The third-order valence-electron chi connectivity index (χ3n) is 3.99. The number of nitrogens with two attached hydrogens (primary N) is 2. The molecule has 0 bridgehead atoms. The molecule has 5 nitrogen and oxygen atoms in total. The molecular formula is C14H19N3O2S. The molecule has 0 aromatic carbocycles. The fourth-order valence-electron chi connectivity index (χ4n) is 2.70. The summed E-state index contributed by atoms with van der Waals surface area (Å²) in [5.74, 6) is -0.349. The molecular weight excluding hydrogens is 274 g/mol. The van der Waals surface area contributed by atoms with Crippen LogP contribution >= 0.6 is 11.3 Å². The average Bonchev–Trinajstić information content (AvgIpc) is 3.22. The van der Waals surface area contributed by atoms with Crippen LogP contribution in [0.1, 0.15) is 52.1 Å². The largest absolute Gasteiger partial charge is 0.397 e. The fraction of sp³-hybridized carbons (Fsp3) is 0.571. The third-order valence-corrected chi connectivity index (χ3v) is 5.27. The summed E-state index contributed by atoms with van der Waals surface area (Å²) in [5, 5.41) is 0.790. The number of nitrogens with zero attached hydrogens (tertiary/aromatic N) is 1. The molecule has 0 spiro atoms. The number of ketones is 1. The molecule has 0 atom stereocenters. The van der Waals surface area contributed by atoms with Crippen molar-refractivity contribution in [2.24, 2.45) is 11.7 Å². The van der Waals surface area contributed by atoms with E-state index in [1.54, 1.807) is 0 Å². The number of nitrogen functional groups attached to an aromatic ring is 1. The van der Waals surface area contributed by atoms with Crippen molar-refractivity contribution in [3.63, 3.8) is 0 Å². The Morgan fingerprint density at radius 2 is 1.80 bits per heavy atom. The van der Waals surface area contributed by atoms with Gasteiger partial charge < -0.3 is 16.4 Å². The second-order valence-corrected chi connectivity index (χ2v) is 6.57. The van der Waals surface area contributed by atoms with Crippen molar-refractivity contribution in [1.29, 1.82) is 0 Å². The van der Waals surface area contributed by atoms with Crippen LogP contribution in [0, 0.1) is 5.92 Å². The summed E-state index contributed by atoms with van der Waals surface area (Å²) >= 11 is 1.35. The van der Waals surface area contributed by atoms with Gasteiger partial charge in [0.2, 0.25) is 0 Å². The fourth-order valence-corrected chi connectivity index (χ4v) is 4.00. The van der Waals surface area contributed by atoms with Crippen molar-refractivity contribution < 1.29 is 9.59 Å². The first-order valence-corrected chi connectivity index (χ1v) is 7.92. The first-order chi connectivity index (χ1) is 9.59. The van der Waals surface area contributed by atoms with Gasteiger partial charge >= 0.3 is 0 Å². The van der Waals surface area contributed by atoms with Gasteiger partial charge in [0.15, 0.2) is 5.78 Å². The number of amides is 1. The molecule has 2 aliphatic rings. The number of hydrogen-bond donors (Lipinski definition) is 2. The molecule has 108 valence electrons. The molecule has 1 saturated carbocycles. The van der Waals surface area contributed by atoms with Crippen molar-refractivity contribution in [2.45, 2.75) is 32.1 Å². The van der Waals surface area contributed by atoms with E-state index < -0.39 is 5.91 Å². The minimum absolute atomic E-state index is 0.0817. The molecule has 3 rings (SSSR count). The topological polar surface area (TPSA) is 89.4 Å². The highest BCUT2D eigenvalue weighted by Gasteiger charge is 2.35. The van der Waals surface area contributed by atoms with Gasteiger partial charge in [-0.1, -0.05) is 0 Å². The van der Waals surface area contributed by atoms with Gasteiger partial charge in [0.25, 0.3) is 5.91 Å². The van der Waals surface area contributed by atoms with Crippen LogP contribution in [-0.4, -0.2) is 24.8 Å². The van der Waals surface area contributed by atoms with Gasteiger partial charge in [-0.3, -0.25) is 9.59 Å². The number of carbonyl (C=O) groups is 2. The van der Waals surface area contributed by atoms with Crippen molar-refractivity contribution in [3.05, 3.63) is 10.4 Å². The normalized spacial score (nSPS) is 19.1. The van der Waals surface area contributed by atoms with E-state index in [-0.39, 0.29) is 11.7 Å². The van der Waals surface area contributed by atoms with E-state index in [0.29, 0.717) is 16.1 Å². The van der Waals surface area contributed by atoms with Crippen LogP contribution in [-0.2, 0) is 0 Å². The first kappa shape index (κ1) is 13.4. The minimum atomic E-state index is -0.533. The minimum Gasteiger partial charge on any atom is -0.397 e. The number of anilines is 2. The van der Waals surface area contributed by atoms with Crippen LogP contribution in [0.4, 0.5) is 10.7 Å². The van der Waals surface area contributed by atoms with E-state index in [9.17, 15) is 9.59 Å². The molecule has 4 N–H and O–H groups in total. The number of rotatable bonds is 4. The summed E-state index contributed by atoms with van der Waals surface area (Å²) in [7, 11) is 0. The van der Waals surface area contributed by atoms with Crippen molar-refractivity contribution in [1.82, 2.24) is 0 Å². The maximum Gasteiger partial charge on any atom is 0.253 e. The second-order valence-electron chi connectivity index (χ2n) is 5.58. The van der Waals surface area contributed by atoms with Crippen LogP contribution < -0.4 is 16.4 Å². The van der Waals surface area contributed by atoms with Crippen molar-refractivity contribution in [2.75, 3.05) is 23.7 Å². The van der Waals surface area contributed by atoms with Gasteiger partial charge in [0.1, 0.15) is 5.00 Å². The summed E-state index contributed by atoms with van der Waals surface area (Å²) in [6.45, 7) is 1.80. The molecule has 1 aromatic rings. The predicted octanol–water partition coefficient (Wildman–Crippen LogP) is 2.01. The molecule has 1 amide bonds. The standard InChI is InChI=1S/C14H19N3O2S/c15-10-9(13(16)19)14(17-6-2-1-3-7-17)20-12(10)11(18)8-4-5-8/h8H,1-7,15H2,(H2,16,19). The summed E-state index contributed by atoms with van der Waals surface area (Å²) in [6, 6.07) is 0. The number of carbonyl (C=O) groups excluding carboxylic acids is 2. The van der Waals surface area contributed by atoms with Gasteiger partial charge in [0, 0.05) is 19.0 Å². The van der Waals surface area contributed by atoms with E-state index in [2.05, 4.69) is 4.90 Å². The van der Waals surface area contributed by atoms with Crippen molar-refractivity contribution in [3.8, 4) is 0 Å². The molecule has 2 fully saturated rings. The second kappa shape index (κ2) is 5.09. The van der Waals surface area contributed by atoms with Crippen LogP contribution in [0.5, 0.6) is 0 Å². The third kappa shape index (κ3) is 2.28. The maximum absolute atomic E-state index is 12.3. The summed E-state index contributed by atoms with van der Waals surface area (Å²) in [4.78, 5) is 26.7. The Bertz CT molecular complexity index is 557. The Morgan fingerprint density at radius 3 is 2.35 bits per heavy atom. The lowest BCUT2D eigenvalue weighted by Crippen LogP contribution is -2.30. The number of thiophene rings is 1. The SMILES string of the molecule is NC(=O)c1c(N2CCCCC2)sc(C(=O)C2CC2)c1N. The van der Waals surface area contributed by atoms with E-state index in [1.807, 2.05) is 0 Å². The lowest BCUT2D eigenvalue weighted by Gasteiger charge is -2.28. The van der Waals surface area contributed by atoms with E-state index in [0.717, 1.165) is 43.8 Å².